The van der Waals surface area contributed by atoms with Crippen LogP contribution in [0.2, 0.25) is 0 Å². The van der Waals surface area contributed by atoms with Gasteiger partial charge in [0.1, 0.15) is 5.82 Å². The Hall–Kier alpha value is -3.48. The van der Waals surface area contributed by atoms with Crippen molar-refractivity contribution >= 4 is 17.4 Å². The molecule has 2 aromatic carbocycles. The number of pyridine rings is 1. The Morgan fingerprint density at radius 1 is 1.00 bits per heavy atom. The summed E-state index contributed by atoms with van der Waals surface area (Å²) in [5, 5.41) is 2.97. The molecule has 1 fully saturated rings. The lowest BCUT2D eigenvalue weighted by Gasteiger charge is -2.37. The number of nitrogens with one attached hydrogen (secondary N) is 1. The van der Waals surface area contributed by atoms with Crippen LogP contribution in [-0.2, 0) is 11.2 Å². The Bertz CT molecular complexity index is 1080. The van der Waals surface area contributed by atoms with Gasteiger partial charge in [0, 0.05) is 44.5 Å². The molecule has 1 saturated heterocycles. The second-order valence-electron chi connectivity index (χ2n) is 8.26. The van der Waals surface area contributed by atoms with E-state index in [1.807, 2.05) is 43.5 Å². The third kappa shape index (κ3) is 5.66. The van der Waals surface area contributed by atoms with Gasteiger partial charge in [-0.15, -0.1) is 0 Å². The molecule has 4 rings (SSSR count). The van der Waals surface area contributed by atoms with Gasteiger partial charge in [-0.25, -0.2) is 13.8 Å². The first-order chi connectivity index (χ1) is 16.0. The number of amides is 1. The van der Waals surface area contributed by atoms with Crippen LogP contribution in [0.4, 0.5) is 20.3 Å². The van der Waals surface area contributed by atoms with Crippen LogP contribution in [0.25, 0.3) is 0 Å². The lowest BCUT2D eigenvalue weighted by molar-refractivity contribution is -0.121. The highest BCUT2D eigenvalue weighted by atomic mass is 19.2. The average molecular weight is 451 g/mol. The number of carbonyl (C=O) groups excluding carboxylic acids is 1. The lowest BCUT2D eigenvalue weighted by Crippen LogP contribution is -2.46. The van der Waals surface area contributed by atoms with Crippen LogP contribution in [0.5, 0.6) is 0 Å². The number of rotatable bonds is 7. The molecule has 7 heteroatoms. The van der Waals surface area contributed by atoms with E-state index in [2.05, 4.69) is 32.2 Å². The molecular weight excluding hydrogens is 422 g/mol. The van der Waals surface area contributed by atoms with Gasteiger partial charge in [-0.3, -0.25) is 4.79 Å². The van der Waals surface area contributed by atoms with Crippen LogP contribution < -0.4 is 15.1 Å². The first-order valence-corrected chi connectivity index (χ1v) is 11.2. The molecule has 33 heavy (non-hydrogen) atoms. The van der Waals surface area contributed by atoms with Gasteiger partial charge in [0.25, 0.3) is 0 Å². The number of benzene rings is 2. The number of nitrogens with zero attached hydrogens (tertiary/aromatic N) is 3. The van der Waals surface area contributed by atoms with E-state index < -0.39 is 11.6 Å². The zero-order chi connectivity index (χ0) is 23.2. The first kappa shape index (κ1) is 22.7. The normalized spacial score (nSPS) is 14.8. The van der Waals surface area contributed by atoms with Gasteiger partial charge in [0.2, 0.25) is 5.91 Å². The molecule has 2 heterocycles. The molecule has 0 spiro atoms. The molecule has 3 aromatic rings. The van der Waals surface area contributed by atoms with Crippen LogP contribution in [0, 0.1) is 11.6 Å². The van der Waals surface area contributed by atoms with Crippen molar-refractivity contribution in [2.24, 2.45) is 0 Å². The van der Waals surface area contributed by atoms with Gasteiger partial charge in [0.15, 0.2) is 11.6 Å². The highest BCUT2D eigenvalue weighted by molar-refractivity contribution is 5.76. The number of hydrogen-bond donors (Lipinski definition) is 1. The molecule has 5 nitrogen and oxygen atoms in total. The van der Waals surface area contributed by atoms with Crippen molar-refractivity contribution in [3.63, 3.8) is 0 Å². The minimum absolute atomic E-state index is 0.0971. The second-order valence-corrected chi connectivity index (χ2v) is 8.26. The maximum absolute atomic E-state index is 13.8. The summed E-state index contributed by atoms with van der Waals surface area (Å²) in [6.45, 7) is 5.49. The minimum Gasteiger partial charge on any atom is -0.368 e. The number of anilines is 2. The maximum Gasteiger partial charge on any atom is 0.220 e. The van der Waals surface area contributed by atoms with Gasteiger partial charge in [-0.2, -0.15) is 0 Å². The molecule has 0 saturated carbocycles. The van der Waals surface area contributed by atoms with Gasteiger partial charge in [0.05, 0.1) is 6.04 Å². The van der Waals surface area contributed by atoms with Crippen molar-refractivity contribution in [1.29, 1.82) is 0 Å². The summed E-state index contributed by atoms with van der Waals surface area (Å²) in [5.41, 5.74) is 2.34. The summed E-state index contributed by atoms with van der Waals surface area (Å²) in [7, 11) is 0. The standard InChI is InChI=1S/C26H28F2N4O/c1-19(30-25(33)12-11-20-6-5-9-23(27)26(20)28)21-7-4-8-22(18-21)31-14-16-32(17-15-31)24-10-2-3-13-29-24/h2-10,13,18-19H,11-12,14-17H2,1H3,(H,30,33)/t19-/m0/s1. The first-order valence-electron chi connectivity index (χ1n) is 11.2. The van der Waals surface area contributed by atoms with E-state index in [9.17, 15) is 13.6 Å². The highest BCUT2D eigenvalue weighted by Crippen LogP contribution is 2.23. The summed E-state index contributed by atoms with van der Waals surface area (Å²) in [5.74, 6) is -0.964. The third-order valence-corrected chi connectivity index (χ3v) is 6.02. The number of aromatic nitrogens is 1. The average Bonchev–Trinajstić information content (AvgIpc) is 2.85. The van der Waals surface area contributed by atoms with Gasteiger partial charge >= 0.3 is 0 Å². The summed E-state index contributed by atoms with van der Waals surface area (Å²) in [6, 6.07) is 18.0. The van der Waals surface area contributed by atoms with E-state index in [1.54, 1.807) is 0 Å². The summed E-state index contributed by atoms with van der Waals surface area (Å²) >= 11 is 0. The molecular formula is C26H28F2N4O. The molecule has 0 unspecified atom stereocenters. The number of piperazine rings is 1. The molecule has 0 aliphatic carbocycles. The minimum atomic E-state index is -0.890. The summed E-state index contributed by atoms with van der Waals surface area (Å²) < 4.78 is 27.2. The SMILES string of the molecule is C[C@H](NC(=O)CCc1cccc(F)c1F)c1cccc(N2CCN(c3ccccn3)CC2)c1. The molecule has 0 radical (unpaired) electrons. The zero-order valence-corrected chi connectivity index (χ0v) is 18.7. The van der Waals surface area contributed by atoms with Crippen LogP contribution in [0.3, 0.4) is 0 Å². The second kappa shape index (κ2) is 10.4. The molecule has 1 atom stereocenters. The molecule has 0 bridgehead atoms. The predicted molar refractivity (Wildman–Crippen MR) is 126 cm³/mol. The monoisotopic (exact) mass is 450 g/mol. The van der Waals surface area contributed by atoms with Gasteiger partial charge in [-0.05, 0) is 54.8 Å². The zero-order valence-electron chi connectivity index (χ0n) is 18.7. The van der Waals surface area contributed by atoms with E-state index in [-0.39, 0.29) is 30.4 Å². The fourth-order valence-corrected chi connectivity index (χ4v) is 4.11. The maximum atomic E-state index is 13.8. The molecule has 1 aliphatic rings. The van der Waals surface area contributed by atoms with Crippen LogP contribution in [0.15, 0.2) is 66.9 Å². The molecule has 1 N–H and O–H groups in total. The quantitative estimate of drug-likeness (QED) is 0.576. The van der Waals surface area contributed by atoms with Crippen molar-refractivity contribution in [3.8, 4) is 0 Å². The van der Waals surface area contributed by atoms with Gasteiger partial charge in [-0.1, -0.05) is 30.3 Å². The molecule has 1 aliphatic heterocycles. The fourth-order valence-electron chi connectivity index (χ4n) is 4.11. The third-order valence-electron chi connectivity index (χ3n) is 6.02. The summed E-state index contributed by atoms with van der Waals surface area (Å²) in [6.07, 6.45) is 2.07. The largest absolute Gasteiger partial charge is 0.368 e. The molecule has 1 aromatic heterocycles. The Kier molecular flexibility index (Phi) is 7.17. The van der Waals surface area contributed by atoms with Crippen molar-refractivity contribution < 1.29 is 13.6 Å². The predicted octanol–water partition coefficient (Wildman–Crippen LogP) is 4.50. The number of hydrogen-bond acceptors (Lipinski definition) is 4. The van der Waals surface area contributed by atoms with Crippen molar-refractivity contribution in [2.45, 2.75) is 25.8 Å². The smallest absolute Gasteiger partial charge is 0.220 e. The number of halogens is 2. The van der Waals surface area contributed by atoms with Crippen LogP contribution in [0.1, 0.15) is 30.5 Å². The van der Waals surface area contributed by atoms with E-state index in [0.29, 0.717) is 0 Å². The topological polar surface area (TPSA) is 48.5 Å². The molecule has 172 valence electrons. The Labute approximate surface area is 193 Å². The lowest BCUT2D eigenvalue weighted by atomic mass is 10.1. The van der Waals surface area contributed by atoms with Gasteiger partial charge < -0.3 is 15.1 Å². The summed E-state index contributed by atoms with van der Waals surface area (Å²) in [4.78, 5) is 21.5. The van der Waals surface area contributed by atoms with Crippen molar-refractivity contribution in [3.05, 3.63) is 89.6 Å². The van der Waals surface area contributed by atoms with Crippen molar-refractivity contribution in [2.75, 3.05) is 36.0 Å². The van der Waals surface area contributed by atoms with Crippen LogP contribution >= 0.6 is 0 Å². The van der Waals surface area contributed by atoms with E-state index in [0.717, 1.165) is 49.3 Å². The number of aryl methyl sites for hydroxylation is 1. The fraction of sp³-hybridized carbons (Fsp3) is 0.308. The number of carbonyl (C=O) groups is 1. The van der Waals surface area contributed by atoms with E-state index in [4.69, 9.17) is 0 Å². The molecule has 1 amide bonds. The van der Waals surface area contributed by atoms with E-state index >= 15 is 0 Å². The highest BCUT2D eigenvalue weighted by Gasteiger charge is 2.19. The van der Waals surface area contributed by atoms with Crippen LogP contribution in [-0.4, -0.2) is 37.1 Å². The Balaban J connectivity index is 1.31. The van der Waals surface area contributed by atoms with E-state index in [1.165, 1.54) is 12.1 Å². The van der Waals surface area contributed by atoms with Crippen molar-refractivity contribution in [1.82, 2.24) is 10.3 Å². The Morgan fingerprint density at radius 2 is 1.76 bits per heavy atom. The Morgan fingerprint density at radius 3 is 2.52 bits per heavy atom.